The Hall–Kier alpha value is -0.740. The average Bonchev–Trinajstić information content (AvgIpc) is 2.06. The largest absolute Gasteiger partial charge is 0.416 e. The third-order valence-corrected chi connectivity index (χ3v) is 2.26. The van der Waals surface area contributed by atoms with E-state index in [0.717, 1.165) is 12.1 Å². The monoisotopic (exact) mass is 238 g/mol. The van der Waals surface area contributed by atoms with Gasteiger partial charge in [-0.05, 0) is 37.1 Å². The molecule has 0 amide bonds. The molecule has 1 nitrogen and oxygen atoms in total. The van der Waals surface area contributed by atoms with E-state index in [1.165, 1.54) is 13.0 Å². The molecule has 1 atom stereocenters. The van der Waals surface area contributed by atoms with Crippen molar-refractivity contribution in [2.75, 3.05) is 0 Å². The molecule has 0 aliphatic rings. The maximum absolute atomic E-state index is 12.3. The van der Waals surface area contributed by atoms with Crippen molar-refractivity contribution in [3.63, 3.8) is 0 Å². The summed E-state index contributed by atoms with van der Waals surface area (Å²) in [6, 6.07) is 3.09. The van der Waals surface area contributed by atoms with Crippen LogP contribution in [0, 0.1) is 0 Å². The van der Waals surface area contributed by atoms with Gasteiger partial charge in [-0.25, -0.2) is 0 Å². The molecule has 0 radical (unpaired) electrons. The molecule has 0 saturated heterocycles. The second-order valence-electron chi connectivity index (χ2n) is 3.36. The third kappa shape index (κ3) is 3.39. The summed E-state index contributed by atoms with van der Waals surface area (Å²) in [4.78, 5) is 0. The Morgan fingerprint density at radius 1 is 1.40 bits per heavy atom. The lowest BCUT2D eigenvalue weighted by molar-refractivity contribution is -0.137. The molecule has 1 N–H and O–H groups in total. The Bertz CT molecular complexity index is 347. The molecule has 0 spiro atoms. The van der Waals surface area contributed by atoms with Crippen molar-refractivity contribution in [1.29, 1.82) is 0 Å². The van der Waals surface area contributed by atoms with Crippen LogP contribution in [0.2, 0.25) is 5.02 Å². The normalized spacial score (nSPS) is 14.0. The fourth-order valence-corrected chi connectivity index (χ4v) is 1.42. The topological polar surface area (TPSA) is 20.2 Å². The van der Waals surface area contributed by atoms with Crippen LogP contribution in [-0.4, -0.2) is 11.2 Å². The molecule has 0 fully saturated rings. The van der Waals surface area contributed by atoms with E-state index in [0.29, 0.717) is 5.56 Å². The van der Waals surface area contributed by atoms with Gasteiger partial charge < -0.3 is 5.11 Å². The Morgan fingerprint density at radius 2 is 2.00 bits per heavy atom. The van der Waals surface area contributed by atoms with Gasteiger partial charge in [0.2, 0.25) is 0 Å². The molecule has 84 valence electrons. The fraction of sp³-hybridized carbons (Fsp3) is 0.400. The van der Waals surface area contributed by atoms with Gasteiger partial charge in [0.1, 0.15) is 0 Å². The maximum Gasteiger partial charge on any atom is 0.416 e. The van der Waals surface area contributed by atoms with E-state index in [-0.39, 0.29) is 11.4 Å². The molecule has 0 aliphatic carbocycles. The van der Waals surface area contributed by atoms with Gasteiger partial charge in [0, 0.05) is 5.02 Å². The summed E-state index contributed by atoms with van der Waals surface area (Å²) in [5, 5.41) is 9.32. The minimum absolute atomic E-state index is 0.114. The van der Waals surface area contributed by atoms with E-state index in [2.05, 4.69) is 0 Å². The van der Waals surface area contributed by atoms with E-state index >= 15 is 0 Å². The predicted octanol–water partition coefficient (Wildman–Crippen LogP) is 3.28. The van der Waals surface area contributed by atoms with Gasteiger partial charge in [-0.3, -0.25) is 0 Å². The number of halogens is 4. The highest BCUT2D eigenvalue weighted by Gasteiger charge is 2.30. The van der Waals surface area contributed by atoms with E-state index in [1.807, 2.05) is 0 Å². The molecule has 5 heteroatoms. The third-order valence-electron chi connectivity index (χ3n) is 1.89. The van der Waals surface area contributed by atoms with Gasteiger partial charge in [-0.2, -0.15) is 13.2 Å². The number of aliphatic hydroxyl groups excluding tert-OH is 1. The van der Waals surface area contributed by atoms with Crippen molar-refractivity contribution in [1.82, 2.24) is 0 Å². The van der Waals surface area contributed by atoms with Crippen molar-refractivity contribution in [3.05, 3.63) is 34.3 Å². The van der Waals surface area contributed by atoms with Crippen LogP contribution in [0.1, 0.15) is 18.1 Å². The molecule has 0 heterocycles. The minimum Gasteiger partial charge on any atom is -0.393 e. The van der Waals surface area contributed by atoms with Gasteiger partial charge in [0.05, 0.1) is 11.7 Å². The highest BCUT2D eigenvalue weighted by atomic mass is 35.5. The first-order valence-corrected chi connectivity index (χ1v) is 4.72. The first-order valence-electron chi connectivity index (χ1n) is 4.34. The molecule has 1 aromatic carbocycles. The number of rotatable bonds is 2. The molecule has 0 bridgehead atoms. The van der Waals surface area contributed by atoms with Crippen molar-refractivity contribution in [2.45, 2.75) is 25.6 Å². The van der Waals surface area contributed by atoms with Crippen LogP contribution >= 0.6 is 11.6 Å². The first-order chi connectivity index (χ1) is 6.80. The minimum atomic E-state index is -4.38. The molecule has 0 saturated carbocycles. The highest BCUT2D eigenvalue weighted by molar-refractivity contribution is 6.31. The molecular formula is C10H10ClF3O. The summed E-state index contributed by atoms with van der Waals surface area (Å²) >= 11 is 5.71. The van der Waals surface area contributed by atoms with Gasteiger partial charge in [-0.1, -0.05) is 11.6 Å². The molecular weight excluding hydrogens is 229 g/mol. The SMILES string of the molecule is C[C@H](O)Cc1cc(C(F)(F)F)ccc1Cl. The Morgan fingerprint density at radius 3 is 2.47 bits per heavy atom. The van der Waals surface area contributed by atoms with Crippen LogP contribution in [0.5, 0.6) is 0 Å². The molecule has 1 aromatic rings. The van der Waals surface area contributed by atoms with Gasteiger partial charge in [0.15, 0.2) is 0 Å². The van der Waals surface area contributed by atoms with Crippen LogP contribution in [0.4, 0.5) is 13.2 Å². The summed E-state index contributed by atoms with van der Waals surface area (Å²) in [5.41, 5.74) is -0.441. The first kappa shape index (κ1) is 12.3. The lowest BCUT2D eigenvalue weighted by atomic mass is 10.1. The van der Waals surface area contributed by atoms with Crippen LogP contribution in [-0.2, 0) is 12.6 Å². The highest BCUT2D eigenvalue weighted by Crippen LogP contribution is 2.32. The van der Waals surface area contributed by atoms with Crippen LogP contribution in [0.15, 0.2) is 18.2 Å². The van der Waals surface area contributed by atoms with Crippen molar-refractivity contribution in [3.8, 4) is 0 Å². The zero-order valence-corrected chi connectivity index (χ0v) is 8.73. The van der Waals surface area contributed by atoms with Gasteiger partial charge in [-0.15, -0.1) is 0 Å². The second kappa shape index (κ2) is 4.41. The Balaban J connectivity index is 3.06. The van der Waals surface area contributed by atoms with Crippen LogP contribution < -0.4 is 0 Å². The molecule has 1 rings (SSSR count). The quantitative estimate of drug-likeness (QED) is 0.838. The molecule has 0 aromatic heterocycles. The van der Waals surface area contributed by atoms with E-state index < -0.39 is 17.8 Å². The van der Waals surface area contributed by atoms with Crippen LogP contribution in [0.3, 0.4) is 0 Å². The second-order valence-corrected chi connectivity index (χ2v) is 3.76. The summed E-state index contributed by atoms with van der Waals surface area (Å²) < 4.78 is 37.0. The number of hydrogen-bond donors (Lipinski definition) is 1. The predicted molar refractivity (Wildman–Crippen MR) is 51.8 cm³/mol. The van der Waals surface area contributed by atoms with Crippen molar-refractivity contribution < 1.29 is 18.3 Å². The van der Waals surface area contributed by atoms with Gasteiger partial charge >= 0.3 is 6.18 Å². The number of alkyl halides is 3. The Labute approximate surface area is 90.5 Å². The molecule has 0 aliphatic heterocycles. The van der Waals surface area contributed by atoms with Crippen molar-refractivity contribution in [2.24, 2.45) is 0 Å². The van der Waals surface area contributed by atoms with E-state index in [4.69, 9.17) is 16.7 Å². The summed E-state index contributed by atoms with van der Waals surface area (Å²) in [7, 11) is 0. The lowest BCUT2D eigenvalue weighted by Crippen LogP contribution is -2.09. The molecule has 0 unspecified atom stereocenters. The number of aliphatic hydroxyl groups is 1. The number of hydrogen-bond acceptors (Lipinski definition) is 1. The zero-order valence-electron chi connectivity index (χ0n) is 7.98. The van der Waals surface area contributed by atoms with Crippen LogP contribution in [0.25, 0.3) is 0 Å². The van der Waals surface area contributed by atoms with E-state index in [9.17, 15) is 13.2 Å². The number of benzene rings is 1. The van der Waals surface area contributed by atoms with Crippen molar-refractivity contribution >= 4 is 11.6 Å². The fourth-order valence-electron chi connectivity index (χ4n) is 1.23. The summed E-state index contributed by atoms with van der Waals surface area (Å²) in [6.45, 7) is 1.50. The average molecular weight is 239 g/mol. The zero-order chi connectivity index (χ0) is 11.6. The summed E-state index contributed by atoms with van der Waals surface area (Å²) in [6.07, 6.45) is -4.98. The standard InChI is InChI=1S/C10H10ClF3O/c1-6(15)4-7-5-8(10(12,13)14)2-3-9(7)11/h2-3,5-6,15H,4H2,1H3/t6-/m0/s1. The lowest BCUT2D eigenvalue weighted by Gasteiger charge is -2.11. The summed E-state index contributed by atoms with van der Waals surface area (Å²) in [5.74, 6) is 0. The Kier molecular flexibility index (Phi) is 3.62. The van der Waals surface area contributed by atoms with E-state index in [1.54, 1.807) is 0 Å². The molecule has 15 heavy (non-hydrogen) atoms. The smallest absolute Gasteiger partial charge is 0.393 e. The van der Waals surface area contributed by atoms with Gasteiger partial charge in [0.25, 0.3) is 0 Å². The maximum atomic E-state index is 12.3.